The van der Waals surface area contributed by atoms with Gasteiger partial charge in [0.1, 0.15) is 0 Å². The molecule has 0 aliphatic carbocycles. The van der Waals surface area contributed by atoms with E-state index in [-0.39, 0.29) is 5.41 Å². The lowest BCUT2D eigenvalue weighted by Crippen LogP contribution is -2.47. The molecule has 23 heavy (non-hydrogen) atoms. The Balaban J connectivity index is 4.85. The summed E-state index contributed by atoms with van der Waals surface area (Å²) in [6, 6.07) is 0. The van der Waals surface area contributed by atoms with E-state index in [0.717, 1.165) is 0 Å². The maximum absolute atomic E-state index is 12.4. The maximum Gasteiger partial charge on any atom is 0.422 e. The van der Waals surface area contributed by atoms with Gasteiger partial charge in [-0.05, 0) is 32.6 Å². The molecule has 0 amide bonds. The van der Waals surface area contributed by atoms with Crippen LogP contribution >= 0.6 is 22.6 Å². The first kappa shape index (κ1) is 22.5. The molecule has 8 heteroatoms. The fraction of sp³-hybridized carbons (Fsp3) is 0.867. The standard InChI is InChI=1S/C15H24F3IO4/c1-12(2,3)8-14(6,13(4,5)19)11(21)22-7-10(20)23-9-15(16,17)18/h7-9H2,1-6H3. The predicted octanol–water partition coefficient (Wildman–Crippen LogP) is 4.29. The normalized spacial score (nSPS) is 15.7. The third-order valence-corrected chi connectivity index (χ3v) is 4.55. The monoisotopic (exact) mass is 452 g/mol. The first-order valence-corrected chi connectivity index (χ1v) is 8.14. The van der Waals surface area contributed by atoms with Gasteiger partial charge >= 0.3 is 18.1 Å². The molecule has 0 aliphatic heterocycles. The van der Waals surface area contributed by atoms with Gasteiger partial charge in [0, 0.05) is 3.42 Å². The number of halogens is 4. The molecule has 0 aromatic rings. The largest absolute Gasteiger partial charge is 0.454 e. The first-order chi connectivity index (χ1) is 9.98. The molecule has 0 saturated carbocycles. The van der Waals surface area contributed by atoms with Crippen molar-refractivity contribution >= 4 is 34.5 Å². The van der Waals surface area contributed by atoms with Crippen LogP contribution in [0.1, 0.15) is 48.0 Å². The van der Waals surface area contributed by atoms with Crippen molar-refractivity contribution in [1.82, 2.24) is 0 Å². The Hall–Kier alpha value is -0.540. The van der Waals surface area contributed by atoms with Crippen LogP contribution in [0, 0.1) is 10.8 Å². The topological polar surface area (TPSA) is 52.6 Å². The van der Waals surface area contributed by atoms with Crippen LogP contribution in [-0.2, 0) is 19.1 Å². The molecule has 0 fully saturated rings. The fourth-order valence-corrected chi connectivity index (χ4v) is 2.48. The Bertz CT molecular complexity index is 435. The summed E-state index contributed by atoms with van der Waals surface area (Å²) in [5, 5.41) is 0. The van der Waals surface area contributed by atoms with Crippen LogP contribution < -0.4 is 0 Å². The molecule has 0 bridgehead atoms. The van der Waals surface area contributed by atoms with E-state index in [9.17, 15) is 22.8 Å². The van der Waals surface area contributed by atoms with Crippen LogP contribution in [0.5, 0.6) is 0 Å². The zero-order valence-electron chi connectivity index (χ0n) is 14.3. The Labute approximate surface area is 148 Å². The molecule has 0 saturated heterocycles. The highest BCUT2D eigenvalue weighted by Crippen LogP contribution is 2.47. The maximum atomic E-state index is 12.4. The SMILES string of the molecule is CC(C)(C)CC(C)(C(=O)OCC(=O)OCC(F)(F)F)C(C)(C)I. The summed E-state index contributed by atoms with van der Waals surface area (Å²) in [5.74, 6) is -1.85. The second-order valence-electron chi connectivity index (χ2n) is 7.39. The summed E-state index contributed by atoms with van der Waals surface area (Å²) in [5.41, 5.74) is -1.08. The van der Waals surface area contributed by atoms with Crippen molar-refractivity contribution in [3.05, 3.63) is 0 Å². The van der Waals surface area contributed by atoms with E-state index in [1.54, 1.807) is 6.92 Å². The molecule has 0 aromatic heterocycles. The average Bonchev–Trinajstić information content (AvgIpc) is 2.28. The molecule has 0 aliphatic rings. The molecule has 1 atom stereocenters. The van der Waals surface area contributed by atoms with Crippen molar-refractivity contribution in [2.24, 2.45) is 10.8 Å². The molecule has 0 radical (unpaired) electrons. The van der Waals surface area contributed by atoms with Crippen molar-refractivity contribution in [3.63, 3.8) is 0 Å². The molecule has 1 unspecified atom stereocenters. The minimum absolute atomic E-state index is 0.174. The highest BCUT2D eigenvalue weighted by molar-refractivity contribution is 14.1. The van der Waals surface area contributed by atoms with E-state index in [0.29, 0.717) is 6.42 Å². The van der Waals surface area contributed by atoms with Crippen LogP contribution in [0.25, 0.3) is 0 Å². The first-order valence-electron chi connectivity index (χ1n) is 7.06. The number of carbonyl (C=O) groups is 2. The van der Waals surface area contributed by atoms with Gasteiger partial charge in [0.2, 0.25) is 0 Å². The molecule has 136 valence electrons. The summed E-state index contributed by atoms with van der Waals surface area (Å²) in [4.78, 5) is 23.7. The Morgan fingerprint density at radius 3 is 1.78 bits per heavy atom. The van der Waals surface area contributed by atoms with Gasteiger partial charge in [-0.2, -0.15) is 13.2 Å². The van der Waals surface area contributed by atoms with Crippen LogP contribution in [0.2, 0.25) is 0 Å². The fourth-order valence-electron chi connectivity index (χ4n) is 2.07. The minimum Gasteiger partial charge on any atom is -0.454 e. The van der Waals surface area contributed by atoms with Crippen molar-refractivity contribution in [1.29, 1.82) is 0 Å². The number of hydrogen-bond acceptors (Lipinski definition) is 4. The zero-order valence-corrected chi connectivity index (χ0v) is 16.4. The van der Waals surface area contributed by atoms with Gasteiger partial charge in [-0.25, -0.2) is 4.79 Å². The van der Waals surface area contributed by atoms with Gasteiger partial charge in [0.15, 0.2) is 13.2 Å². The molecule has 4 nitrogen and oxygen atoms in total. The highest BCUT2D eigenvalue weighted by atomic mass is 127. The van der Waals surface area contributed by atoms with E-state index in [4.69, 9.17) is 4.74 Å². The molecular weight excluding hydrogens is 428 g/mol. The van der Waals surface area contributed by atoms with Crippen molar-refractivity contribution in [2.45, 2.75) is 57.6 Å². The summed E-state index contributed by atoms with van der Waals surface area (Å²) in [7, 11) is 0. The van der Waals surface area contributed by atoms with Crippen molar-refractivity contribution in [2.75, 3.05) is 13.2 Å². The number of rotatable bonds is 6. The van der Waals surface area contributed by atoms with Gasteiger partial charge in [0.05, 0.1) is 5.41 Å². The van der Waals surface area contributed by atoms with Gasteiger partial charge in [-0.1, -0.05) is 43.4 Å². The number of ether oxygens (including phenoxy) is 2. The van der Waals surface area contributed by atoms with Gasteiger partial charge in [0.25, 0.3) is 0 Å². The number of esters is 2. The lowest BCUT2D eigenvalue weighted by Gasteiger charge is -2.42. The molecule has 0 heterocycles. The van der Waals surface area contributed by atoms with Crippen LogP contribution in [-0.4, -0.2) is 34.8 Å². The lowest BCUT2D eigenvalue weighted by molar-refractivity contribution is -0.191. The second kappa shape index (κ2) is 7.57. The molecule has 0 N–H and O–H groups in total. The Morgan fingerprint density at radius 1 is 0.957 bits per heavy atom. The van der Waals surface area contributed by atoms with Crippen LogP contribution in [0.4, 0.5) is 13.2 Å². The number of carbonyl (C=O) groups excluding carboxylic acids is 2. The number of hydrogen-bond donors (Lipinski definition) is 0. The summed E-state index contributed by atoms with van der Waals surface area (Å²) in [6.45, 7) is 8.84. The van der Waals surface area contributed by atoms with Gasteiger partial charge < -0.3 is 9.47 Å². The average molecular weight is 452 g/mol. The Kier molecular flexibility index (Phi) is 7.39. The summed E-state index contributed by atoms with van der Waals surface area (Å²) >= 11 is 2.13. The third-order valence-electron chi connectivity index (χ3n) is 3.36. The third kappa shape index (κ3) is 8.21. The molecule has 0 rings (SSSR count). The van der Waals surface area contributed by atoms with E-state index >= 15 is 0 Å². The van der Waals surface area contributed by atoms with Crippen molar-refractivity contribution < 1.29 is 32.2 Å². The second-order valence-corrected chi connectivity index (χ2v) is 10.1. The zero-order chi connectivity index (χ0) is 18.7. The van der Waals surface area contributed by atoms with Crippen LogP contribution in [0.3, 0.4) is 0 Å². The Morgan fingerprint density at radius 2 is 1.43 bits per heavy atom. The molecule has 0 spiro atoms. The molecular formula is C15H24F3IO4. The summed E-state index contributed by atoms with van der Waals surface area (Å²) < 4.78 is 44.3. The van der Waals surface area contributed by atoms with E-state index < -0.39 is 40.2 Å². The quantitative estimate of drug-likeness (QED) is 0.343. The van der Waals surface area contributed by atoms with E-state index in [2.05, 4.69) is 27.3 Å². The van der Waals surface area contributed by atoms with Crippen LogP contribution in [0.15, 0.2) is 0 Å². The van der Waals surface area contributed by atoms with Gasteiger partial charge in [-0.15, -0.1) is 0 Å². The molecule has 0 aromatic carbocycles. The van der Waals surface area contributed by atoms with Gasteiger partial charge in [-0.3, -0.25) is 4.79 Å². The predicted molar refractivity (Wildman–Crippen MR) is 88.3 cm³/mol. The van der Waals surface area contributed by atoms with Crippen molar-refractivity contribution in [3.8, 4) is 0 Å². The van der Waals surface area contributed by atoms with E-state index in [1.807, 2.05) is 34.6 Å². The summed E-state index contributed by atoms with van der Waals surface area (Å²) in [6.07, 6.45) is -4.11. The number of alkyl halides is 4. The highest BCUT2D eigenvalue weighted by Gasteiger charge is 2.49. The lowest BCUT2D eigenvalue weighted by atomic mass is 9.68. The van der Waals surface area contributed by atoms with E-state index in [1.165, 1.54) is 0 Å². The minimum atomic E-state index is -4.61. The smallest absolute Gasteiger partial charge is 0.422 e.